The molecule has 0 aromatic carbocycles. The second kappa shape index (κ2) is 5.65. The summed E-state index contributed by atoms with van der Waals surface area (Å²) in [4.78, 5) is 6.99. The summed E-state index contributed by atoms with van der Waals surface area (Å²) >= 11 is 4.91. The molecule has 0 aliphatic heterocycles. The number of rotatable bonds is 3. The van der Waals surface area contributed by atoms with Crippen LogP contribution in [0, 0.1) is 5.92 Å². The van der Waals surface area contributed by atoms with Crippen LogP contribution in [-0.2, 0) is 0 Å². The molecule has 1 aromatic rings. The molecule has 0 amide bonds. The molecule has 1 heterocycles. The van der Waals surface area contributed by atoms with Crippen molar-refractivity contribution < 1.29 is 0 Å². The molecule has 0 atom stereocenters. The van der Waals surface area contributed by atoms with Crippen LogP contribution in [0.25, 0.3) is 0 Å². The third kappa shape index (κ3) is 2.99. The van der Waals surface area contributed by atoms with Crippen molar-refractivity contribution in [3.63, 3.8) is 0 Å². The molecule has 0 radical (unpaired) electrons. The molecule has 98 valence electrons. The van der Waals surface area contributed by atoms with Crippen molar-refractivity contribution in [3.8, 4) is 0 Å². The number of thiocarbonyl (C=S) groups is 1. The molecule has 1 aliphatic rings. The molecule has 0 spiro atoms. The Hall–Kier alpha value is -1.16. The number of aromatic nitrogens is 1. The summed E-state index contributed by atoms with van der Waals surface area (Å²) < 4.78 is 0. The van der Waals surface area contributed by atoms with Gasteiger partial charge in [0.05, 0.1) is 17.6 Å². The molecule has 1 aliphatic carbocycles. The van der Waals surface area contributed by atoms with Crippen molar-refractivity contribution in [1.82, 2.24) is 4.98 Å². The van der Waals surface area contributed by atoms with Crippen LogP contribution in [0.1, 0.15) is 38.3 Å². The fourth-order valence-electron chi connectivity index (χ4n) is 2.58. The number of hydrogen-bond acceptors (Lipinski definition) is 3. The second-order valence-corrected chi connectivity index (χ2v) is 5.73. The molecule has 0 unspecified atom stereocenters. The van der Waals surface area contributed by atoms with Crippen LogP contribution in [0.4, 0.5) is 5.69 Å². The first-order chi connectivity index (χ1) is 8.58. The van der Waals surface area contributed by atoms with Crippen molar-refractivity contribution in [2.24, 2.45) is 11.7 Å². The third-order valence-electron chi connectivity index (χ3n) is 3.94. The monoisotopic (exact) mass is 263 g/mol. The topological polar surface area (TPSA) is 42.1 Å². The summed E-state index contributed by atoms with van der Waals surface area (Å²) in [6.07, 6.45) is 7.07. The van der Waals surface area contributed by atoms with Gasteiger partial charge in [0.25, 0.3) is 0 Å². The Morgan fingerprint density at radius 2 is 2.00 bits per heavy atom. The lowest BCUT2D eigenvalue weighted by molar-refractivity contribution is 0.340. The van der Waals surface area contributed by atoms with E-state index in [0.29, 0.717) is 16.7 Å². The predicted octanol–water partition coefficient (Wildman–Crippen LogP) is 2.73. The minimum absolute atomic E-state index is 0.357. The van der Waals surface area contributed by atoms with Gasteiger partial charge in [-0.2, -0.15) is 0 Å². The second-order valence-electron chi connectivity index (χ2n) is 5.29. The van der Waals surface area contributed by atoms with Gasteiger partial charge in [-0.3, -0.25) is 4.98 Å². The molecule has 1 aromatic heterocycles. The number of pyridine rings is 1. The average molecular weight is 263 g/mol. The van der Waals surface area contributed by atoms with Gasteiger partial charge in [-0.1, -0.05) is 19.1 Å². The Labute approximate surface area is 114 Å². The minimum atomic E-state index is 0.357. The van der Waals surface area contributed by atoms with Crippen LogP contribution >= 0.6 is 12.2 Å². The molecule has 1 saturated carbocycles. The Balaban J connectivity index is 2.04. The van der Waals surface area contributed by atoms with E-state index < -0.39 is 0 Å². The van der Waals surface area contributed by atoms with E-state index in [4.69, 9.17) is 18.0 Å². The number of nitrogens with two attached hydrogens (primary N) is 1. The van der Waals surface area contributed by atoms with E-state index in [9.17, 15) is 0 Å². The van der Waals surface area contributed by atoms with Crippen molar-refractivity contribution in [2.75, 3.05) is 11.9 Å². The smallest absolute Gasteiger partial charge is 0.122 e. The van der Waals surface area contributed by atoms with Crippen molar-refractivity contribution in [2.45, 2.75) is 38.6 Å². The molecule has 4 heteroatoms. The van der Waals surface area contributed by atoms with E-state index in [1.54, 1.807) is 0 Å². The first kappa shape index (κ1) is 13.3. The SMILES string of the molecule is CC1CCC(N(C)c2ccc(C(N)=S)nc2)CC1. The lowest BCUT2D eigenvalue weighted by Gasteiger charge is -2.34. The van der Waals surface area contributed by atoms with Crippen LogP contribution in [0.15, 0.2) is 18.3 Å². The molecule has 2 rings (SSSR count). The summed E-state index contributed by atoms with van der Waals surface area (Å²) in [6.45, 7) is 2.34. The average Bonchev–Trinajstić information content (AvgIpc) is 2.39. The summed E-state index contributed by atoms with van der Waals surface area (Å²) in [7, 11) is 2.15. The first-order valence-corrected chi connectivity index (χ1v) is 6.97. The van der Waals surface area contributed by atoms with E-state index in [2.05, 4.69) is 29.9 Å². The molecule has 18 heavy (non-hydrogen) atoms. The predicted molar refractivity (Wildman–Crippen MR) is 79.9 cm³/mol. The highest BCUT2D eigenvalue weighted by molar-refractivity contribution is 7.80. The highest BCUT2D eigenvalue weighted by Gasteiger charge is 2.22. The van der Waals surface area contributed by atoms with E-state index in [1.807, 2.05) is 12.3 Å². The molecule has 0 saturated heterocycles. The Morgan fingerprint density at radius 3 is 2.50 bits per heavy atom. The van der Waals surface area contributed by atoms with Crippen LogP contribution in [0.5, 0.6) is 0 Å². The van der Waals surface area contributed by atoms with Gasteiger partial charge >= 0.3 is 0 Å². The van der Waals surface area contributed by atoms with Gasteiger partial charge in [-0.25, -0.2) is 0 Å². The first-order valence-electron chi connectivity index (χ1n) is 6.56. The largest absolute Gasteiger partial charge is 0.388 e. The molecule has 3 nitrogen and oxygen atoms in total. The lowest BCUT2D eigenvalue weighted by atomic mass is 9.86. The maximum atomic E-state index is 5.55. The van der Waals surface area contributed by atoms with Crippen LogP contribution in [0.3, 0.4) is 0 Å². The standard InChI is InChI=1S/C14H21N3S/c1-10-3-5-11(6-4-10)17(2)12-7-8-13(14(15)18)16-9-12/h7-11H,3-6H2,1-2H3,(H2,15,18). The van der Waals surface area contributed by atoms with E-state index in [-0.39, 0.29) is 0 Å². The van der Waals surface area contributed by atoms with Gasteiger partial charge in [-0.05, 0) is 43.7 Å². The van der Waals surface area contributed by atoms with Crippen LogP contribution in [-0.4, -0.2) is 23.1 Å². The van der Waals surface area contributed by atoms with Gasteiger partial charge in [-0.15, -0.1) is 0 Å². The normalized spacial score (nSPS) is 23.7. The number of nitrogens with zero attached hydrogens (tertiary/aromatic N) is 2. The maximum Gasteiger partial charge on any atom is 0.122 e. The number of hydrogen-bond donors (Lipinski definition) is 1. The fraction of sp³-hybridized carbons (Fsp3) is 0.571. The summed E-state index contributed by atoms with van der Waals surface area (Å²) in [5.41, 5.74) is 7.39. The minimum Gasteiger partial charge on any atom is -0.388 e. The van der Waals surface area contributed by atoms with Gasteiger partial charge in [0.1, 0.15) is 4.99 Å². The summed E-state index contributed by atoms with van der Waals surface area (Å²) in [6, 6.07) is 4.60. The van der Waals surface area contributed by atoms with Gasteiger partial charge in [0.2, 0.25) is 0 Å². The Bertz CT molecular complexity index is 408. The van der Waals surface area contributed by atoms with Crippen molar-refractivity contribution >= 4 is 22.9 Å². The van der Waals surface area contributed by atoms with E-state index in [0.717, 1.165) is 11.6 Å². The zero-order valence-corrected chi connectivity index (χ0v) is 11.9. The number of anilines is 1. The zero-order valence-electron chi connectivity index (χ0n) is 11.1. The van der Waals surface area contributed by atoms with Gasteiger partial charge in [0, 0.05) is 13.1 Å². The maximum absolute atomic E-state index is 5.55. The third-order valence-corrected chi connectivity index (χ3v) is 4.15. The van der Waals surface area contributed by atoms with Crippen molar-refractivity contribution in [3.05, 3.63) is 24.0 Å². The van der Waals surface area contributed by atoms with Crippen LogP contribution < -0.4 is 10.6 Å². The highest BCUT2D eigenvalue weighted by Crippen LogP contribution is 2.28. The highest BCUT2D eigenvalue weighted by atomic mass is 32.1. The zero-order chi connectivity index (χ0) is 13.1. The van der Waals surface area contributed by atoms with Gasteiger partial charge < -0.3 is 10.6 Å². The Morgan fingerprint density at radius 1 is 1.33 bits per heavy atom. The molecular formula is C14H21N3S. The lowest BCUT2D eigenvalue weighted by Crippen LogP contribution is -2.34. The summed E-state index contributed by atoms with van der Waals surface area (Å²) in [5.74, 6) is 0.879. The molecule has 1 fully saturated rings. The van der Waals surface area contributed by atoms with E-state index >= 15 is 0 Å². The molecule has 2 N–H and O–H groups in total. The molecule has 0 bridgehead atoms. The van der Waals surface area contributed by atoms with Crippen molar-refractivity contribution in [1.29, 1.82) is 0 Å². The quantitative estimate of drug-likeness (QED) is 0.852. The Kier molecular flexibility index (Phi) is 4.17. The summed E-state index contributed by atoms with van der Waals surface area (Å²) in [5, 5.41) is 0. The van der Waals surface area contributed by atoms with Gasteiger partial charge in [0.15, 0.2) is 0 Å². The van der Waals surface area contributed by atoms with E-state index in [1.165, 1.54) is 25.7 Å². The van der Waals surface area contributed by atoms with Crippen LogP contribution in [0.2, 0.25) is 0 Å². The fourth-order valence-corrected chi connectivity index (χ4v) is 2.70. The molecular weight excluding hydrogens is 242 g/mol.